The number of amides is 1. The number of benzene rings is 2. The van der Waals surface area contributed by atoms with E-state index in [2.05, 4.69) is 15.3 Å². The number of hydrogen-bond acceptors (Lipinski definition) is 5. The number of nitrogens with one attached hydrogen (secondary N) is 1. The standard InChI is InChI=1S/C25H20F3N3O3/c26-25(27,28)17-5-7-19(8-6-17)34-15-18(32)14-30-24(33)21-13-23(16-9-11-29-12-10-16)31-22-4-2-1-3-20(21)22/h1-13,18,32H,14-15H2,(H,30,33). The third-order valence-electron chi connectivity index (χ3n) is 5.06. The van der Waals surface area contributed by atoms with E-state index in [-0.39, 0.29) is 18.9 Å². The fourth-order valence-electron chi connectivity index (χ4n) is 3.33. The molecule has 2 aromatic heterocycles. The van der Waals surface area contributed by atoms with Crippen LogP contribution in [-0.4, -0.2) is 40.2 Å². The predicted molar refractivity (Wildman–Crippen MR) is 120 cm³/mol. The van der Waals surface area contributed by atoms with Crippen LogP contribution in [0.5, 0.6) is 5.75 Å². The highest BCUT2D eigenvalue weighted by atomic mass is 19.4. The maximum Gasteiger partial charge on any atom is 0.416 e. The number of aromatic nitrogens is 2. The van der Waals surface area contributed by atoms with Crippen LogP contribution in [0.4, 0.5) is 13.2 Å². The van der Waals surface area contributed by atoms with Crippen molar-refractivity contribution in [3.8, 4) is 17.0 Å². The molecule has 2 N–H and O–H groups in total. The van der Waals surface area contributed by atoms with Crippen molar-refractivity contribution in [2.75, 3.05) is 13.2 Å². The first-order valence-electron chi connectivity index (χ1n) is 10.4. The van der Waals surface area contributed by atoms with E-state index in [9.17, 15) is 23.1 Å². The van der Waals surface area contributed by atoms with Crippen LogP contribution < -0.4 is 10.1 Å². The van der Waals surface area contributed by atoms with Gasteiger partial charge < -0.3 is 15.2 Å². The Morgan fingerprint density at radius 3 is 2.44 bits per heavy atom. The SMILES string of the molecule is O=C(NCC(O)COc1ccc(C(F)(F)F)cc1)c1cc(-c2ccncc2)nc2ccccc12. The Hall–Kier alpha value is -3.98. The zero-order chi connectivity index (χ0) is 24.1. The minimum atomic E-state index is -4.43. The van der Waals surface area contributed by atoms with E-state index in [1.807, 2.05) is 12.1 Å². The van der Waals surface area contributed by atoms with Crippen molar-refractivity contribution in [1.82, 2.24) is 15.3 Å². The van der Waals surface area contributed by atoms with E-state index in [1.165, 1.54) is 12.1 Å². The average molecular weight is 467 g/mol. The lowest BCUT2D eigenvalue weighted by Gasteiger charge is -2.15. The molecule has 0 radical (unpaired) electrons. The number of halogens is 3. The highest BCUT2D eigenvalue weighted by Crippen LogP contribution is 2.30. The van der Waals surface area contributed by atoms with Gasteiger partial charge in [0.25, 0.3) is 5.91 Å². The van der Waals surface area contributed by atoms with E-state index in [1.54, 1.807) is 42.7 Å². The second-order valence-electron chi connectivity index (χ2n) is 7.51. The molecule has 0 aliphatic rings. The summed E-state index contributed by atoms with van der Waals surface area (Å²) in [7, 11) is 0. The van der Waals surface area contributed by atoms with Gasteiger partial charge in [0.15, 0.2) is 0 Å². The van der Waals surface area contributed by atoms with Crippen molar-refractivity contribution < 1.29 is 27.8 Å². The molecule has 9 heteroatoms. The Morgan fingerprint density at radius 2 is 1.74 bits per heavy atom. The number of nitrogens with zero attached hydrogens (tertiary/aromatic N) is 2. The molecule has 0 saturated carbocycles. The summed E-state index contributed by atoms with van der Waals surface area (Å²) in [6.45, 7) is -0.314. The Balaban J connectivity index is 1.42. The third-order valence-corrected chi connectivity index (χ3v) is 5.06. The monoisotopic (exact) mass is 467 g/mol. The van der Waals surface area contributed by atoms with Crippen molar-refractivity contribution in [1.29, 1.82) is 0 Å². The van der Waals surface area contributed by atoms with Crippen LogP contribution >= 0.6 is 0 Å². The molecule has 34 heavy (non-hydrogen) atoms. The molecular weight excluding hydrogens is 447 g/mol. The van der Waals surface area contributed by atoms with Crippen LogP contribution in [0, 0.1) is 0 Å². The number of rotatable bonds is 7. The van der Waals surface area contributed by atoms with Gasteiger partial charge in [0.05, 0.1) is 22.3 Å². The molecule has 4 rings (SSSR count). The van der Waals surface area contributed by atoms with Gasteiger partial charge in [-0.25, -0.2) is 4.98 Å². The van der Waals surface area contributed by atoms with Crippen LogP contribution in [0.3, 0.4) is 0 Å². The third kappa shape index (κ3) is 5.49. The number of aliphatic hydroxyl groups excluding tert-OH is 1. The number of carbonyl (C=O) groups excluding carboxylic acids is 1. The van der Waals surface area contributed by atoms with E-state index >= 15 is 0 Å². The van der Waals surface area contributed by atoms with Gasteiger partial charge in [-0.2, -0.15) is 13.2 Å². The maximum atomic E-state index is 12.9. The first-order chi connectivity index (χ1) is 16.3. The van der Waals surface area contributed by atoms with Crippen LogP contribution in [0.15, 0.2) is 79.1 Å². The molecule has 174 valence electrons. The van der Waals surface area contributed by atoms with Gasteiger partial charge in [-0.15, -0.1) is 0 Å². The molecule has 1 amide bonds. The molecule has 0 bridgehead atoms. The molecule has 1 unspecified atom stereocenters. The number of para-hydroxylation sites is 1. The number of alkyl halides is 3. The highest BCUT2D eigenvalue weighted by Gasteiger charge is 2.30. The van der Waals surface area contributed by atoms with Gasteiger partial charge in [-0.3, -0.25) is 9.78 Å². The summed E-state index contributed by atoms with van der Waals surface area (Å²) in [6.07, 6.45) is -2.23. The van der Waals surface area contributed by atoms with Gasteiger partial charge >= 0.3 is 6.18 Å². The Kier molecular flexibility index (Phi) is 6.74. The van der Waals surface area contributed by atoms with Crippen LogP contribution in [0.2, 0.25) is 0 Å². The molecule has 0 aliphatic carbocycles. The van der Waals surface area contributed by atoms with Crippen molar-refractivity contribution >= 4 is 16.8 Å². The normalized spacial score (nSPS) is 12.4. The minimum absolute atomic E-state index is 0.110. The Bertz CT molecular complexity index is 1280. The fraction of sp³-hybridized carbons (Fsp3) is 0.160. The maximum absolute atomic E-state index is 12.9. The quantitative estimate of drug-likeness (QED) is 0.419. The summed E-state index contributed by atoms with van der Waals surface area (Å²) in [4.78, 5) is 21.6. The fourth-order valence-corrected chi connectivity index (χ4v) is 3.33. The second kappa shape index (κ2) is 9.88. The zero-order valence-corrected chi connectivity index (χ0v) is 17.8. The Labute approximate surface area is 193 Å². The summed E-state index contributed by atoms with van der Waals surface area (Å²) < 4.78 is 43.3. The number of pyridine rings is 2. The number of ether oxygens (including phenoxy) is 1. The van der Waals surface area contributed by atoms with Crippen LogP contribution in [0.1, 0.15) is 15.9 Å². The first kappa shape index (κ1) is 23.2. The molecule has 4 aromatic rings. The molecule has 2 heterocycles. The largest absolute Gasteiger partial charge is 0.491 e. The van der Waals surface area contributed by atoms with Crippen LogP contribution in [-0.2, 0) is 6.18 Å². The summed E-state index contributed by atoms with van der Waals surface area (Å²) in [5.41, 5.74) is 1.67. The Morgan fingerprint density at radius 1 is 1.03 bits per heavy atom. The lowest BCUT2D eigenvalue weighted by atomic mass is 10.0. The van der Waals surface area contributed by atoms with Gasteiger partial charge in [0, 0.05) is 29.9 Å². The average Bonchev–Trinajstić information content (AvgIpc) is 2.85. The highest BCUT2D eigenvalue weighted by molar-refractivity contribution is 6.07. The predicted octanol–water partition coefficient (Wildman–Crippen LogP) is 4.49. The first-order valence-corrected chi connectivity index (χ1v) is 10.4. The van der Waals surface area contributed by atoms with E-state index < -0.39 is 23.8 Å². The van der Waals surface area contributed by atoms with Gasteiger partial charge in [0.2, 0.25) is 0 Å². The number of carbonyl (C=O) groups is 1. The summed E-state index contributed by atoms with van der Waals surface area (Å²) in [5, 5.41) is 13.5. The second-order valence-corrected chi connectivity index (χ2v) is 7.51. The molecule has 0 spiro atoms. The molecule has 2 aromatic carbocycles. The molecule has 0 aliphatic heterocycles. The minimum Gasteiger partial charge on any atom is -0.491 e. The van der Waals surface area contributed by atoms with Crippen LogP contribution in [0.25, 0.3) is 22.2 Å². The van der Waals surface area contributed by atoms with Gasteiger partial charge in [-0.1, -0.05) is 18.2 Å². The lowest BCUT2D eigenvalue weighted by molar-refractivity contribution is -0.137. The zero-order valence-electron chi connectivity index (χ0n) is 17.8. The smallest absolute Gasteiger partial charge is 0.416 e. The van der Waals surface area contributed by atoms with Crippen molar-refractivity contribution in [2.45, 2.75) is 12.3 Å². The van der Waals surface area contributed by atoms with Crippen molar-refractivity contribution in [3.63, 3.8) is 0 Å². The van der Waals surface area contributed by atoms with Crippen molar-refractivity contribution in [2.24, 2.45) is 0 Å². The summed E-state index contributed by atoms with van der Waals surface area (Å²) >= 11 is 0. The van der Waals surface area contributed by atoms with E-state index in [0.29, 0.717) is 22.2 Å². The molecule has 0 saturated heterocycles. The molecule has 6 nitrogen and oxygen atoms in total. The number of fused-ring (bicyclic) bond motifs is 1. The number of hydrogen-bond donors (Lipinski definition) is 2. The van der Waals surface area contributed by atoms with Crippen molar-refractivity contribution in [3.05, 3.63) is 90.3 Å². The van der Waals surface area contributed by atoms with E-state index in [0.717, 1.165) is 17.7 Å². The number of aliphatic hydroxyl groups is 1. The van der Waals surface area contributed by atoms with Gasteiger partial charge in [0.1, 0.15) is 18.5 Å². The molecular formula is C25H20F3N3O3. The lowest BCUT2D eigenvalue weighted by Crippen LogP contribution is -2.35. The topological polar surface area (TPSA) is 84.3 Å². The van der Waals surface area contributed by atoms with E-state index in [4.69, 9.17) is 4.74 Å². The summed E-state index contributed by atoms with van der Waals surface area (Å²) in [6, 6.07) is 16.7. The molecule has 0 fully saturated rings. The van der Waals surface area contributed by atoms with Gasteiger partial charge in [-0.05, 0) is 48.5 Å². The molecule has 1 atom stereocenters. The summed E-state index contributed by atoms with van der Waals surface area (Å²) in [5.74, 6) is -0.219.